The fourth-order valence-corrected chi connectivity index (χ4v) is 1.78. The average molecular weight is 213 g/mol. The Labute approximate surface area is 92.6 Å². The van der Waals surface area contributed by atoms with Gasteiger partial charge >= 0.3 is 0 Å². The third-order valence-electron chi connectivity index (χ3n) is 2.52. The van der Waals surface area contributed by atoms with Gasteiger partial charge in [-0.15, -0.1) is 0 Å². The highest BCUT2D eigenvalue weighted by atomic mass is 16.4. The maximum Gasteiger partial charge on any atom is 0.191 e. The number of para-hydroxylation sites is 2. The van der Waals surface area contributed by atoms with Crippen molar-refractivity contribution in [3.05, 3.63) is 48.4 Å². The number of hydrogen-bond donors (Lipinski definition) is 0. The molecule has 0 N–H and O–H groups in total. The van der Waals surface area contributed by atoms with E-state index in [0.29, 0.717) is 12.4 Å². The molecule has 0 saturated carbocycles. The van der Waals surface area contributed by atoms with Gasteiger partial charge in [0.25, 0.3) is 0 Å². The molecule has 0 fully saturated rings. The second-order valence-electron chi connectivity index (χ2n) is 3.71. The normalized spacial score (nSPS) is 11.1. The van der Waals surface area contributed by atoms with Gasteiger partial charge in [0.1, 0.15) is 5.76 Å². The fourth-order valence-electron chi connectivity index (χ4n) is 1.78. The van der Waals surface area contributed by atoms with E-state index >= 15 is 0 Å². The average Bonchev–Trinajstić information content (AvgIpc) is 2.87. The maximum atomic E-state index is 5.45. The lowest BCUT2D eigenvalue weighted by molar-refractivity contribution is 0.465. The van der Waals surface area contributed by atoms with Crippen LogP contribution in [0.1, 0.15) is 11.7 Å². The van der Waals surface area contributed by atoms with Crippen LogP contribution in [0.25, 0.3) is 11.0 Å². The lowest BCUT2D eigenvalue weighted by Gasteiger charge is -2.00. The quantitative estimate of drug-likeness (QED) is 0.656. The summed E-state index contributed by atoms with van der Waals surface area (Å²) in [5, 5.41) is 0. The van der Waals surface area contributed by atoms with Gasteiger partial charge in [-0.25, -0.2) is 9.97 Å². The Balaban J connectivity index is 2.00. The van der Waals surface area contributed by atoms with Crippen molar-refractivity contribution >= 4 is 11.0 Å². The maximum absolute atomic E-state index is 5.45. The van der Waals surface area contributed by atoms with Gasteiger partial charge in [0.15, 0.2) is 5.89 Å². The van der Waals surface area contributed by atoms with Crippen molar-refractivity contribution in [2.24, 2.45) is 0 Å². The smallest absolute Gasteiger partial charge is 0.191 e. The van der Waals surface area contributed by atoms with Gasteiger partial charge in [0.2, 0.25) is 0 Å². The minimum absolute atomic E-state index is 0.668. The monoisotopic (exact) mass is 213 g/mol. The summed E-state index contributed by atoms with van der Waals surface area (Å²) in [6, 6.07) is 8.04. The van der Waals surface area contributed by atoms with Crippen molar-refractivity contribution in [3.63, 3.8) is 0 Å². The zero-order valence-corrected chi connectivity index (χ0v) is 8.92. The third kappa shape index (κ3) is 1.48. The van der Waals surface area contributed by atoms with Crippen LogP contribution in [-0.4, -0.2) is 14.5 Å². The molecule has 0 aliphatic heterocycles. The summed E-state index contributed by atoms with van der Waals surface area (Å²) in [4.78, 5) is 8.40. The molecule has 0 aliphatic carbocycles. The molecule has 2 aromatic heterocycles. The largest absolute Gasteiger partial charge is 0.444 e. The second kappa shape index (κ2) is 3.48. The Morgan fingerprint density at radius 2 is 2.12 bits per heavy atom. The SMILES string of the molecule is Cc1ncc(Cn2cnc3ccccc32)o1. The highest BCUT2D eigenvalue weighted by molar-refractivity contribution is 5.74. The Hall–Kier alpha value is -2.10. The van der Waals surface area contributed by atoms with E-state index in [9.17, 15) is 0 Å². The molecule has 0 radical (unpaired) electrons. The van der Waals surface area contributed by atoms with Gasteiger partial charge in [-0.05, 0) is 12.1 Å². The van der Waals surface area contributed by atoms with Crippen molar-refractivity contribution < 1.29 is 4.42 Å². The van der Waals surface area contributed by atoms with E-state index in [1.807, 2.05) is 37.5 Å². The van der Waals surface area contributed by atoms with Crippen LogP contribution in [0.15, 0.2) is 41.2 Å². The first kappa shape index (κ1) is 9.15. The molecule has 80 valence electrons. The van der Waals surface area contributed by atoms with Crippen molar-refractivity contribution in [2.45, 2.75) is 13.5 Å². The summed E-state index contributed by atoms with van der Waals surface area (Å²) < 4.78 is 7.50. The van der Waals surface area contributed by atoms with Crippen LogP contribution in [0.5, 0.6) is 0 Å². The molecule has 0 atom stereocenters. The Kier molecular flexibility index (Phi) is 1.99. The molecule has 1 aromatic carbocycles. The highest BCUT2D eigenvalue weighted by Crippen LogP contribution is 2.14. The van der Waals surface area contributed by atoms with Crippen LogP contribution in [0.2, 0.25) is 0 Å². The molecular weight excluding hydrogens is 202 g/mol. The minimum atomic E-state index is 0.668. The molecule has 3 aromatic rings. The topological polar surface area (TPSA) is 43.9 Å². The number of imidazole rings is 1. The summed E-state index contributed by atoms with van der Waals surface area (Å²) in [6.45, 7) is 2.51. The first-order valence-corrected chi connectivity index (χ1v) is 5.14. The summed E-state index contributed by atoms with van der Waals surface area (Å²) in [5.74, 6) is 1.54. The van der Waals surface area contributed by atoms with Crippen molar-refractivity contribution in [2.75, 3.05) is 0 Å². The minimum Gasteiger partial charge on any atom is -0.444 e. The first-order valence-electron chi connectivity index (χ1n) is 5.14. The predicted molar refractivity (Wildman–Crippen MR) is 60.1 cm³/mol. The van der Waals surface area contributed by atoms with E-state index in [0.717, 1.165) is 16.8 Å². The van der Waals surface area contributed by atoms with E-state index in [1.54, 1.807) is 6.20 Å². The van der Waals surface area contributed by atoms with Gasteiger partial charge < -0.3 is 8.98 Å². The Morgan fingerprint density at radius 3 is 2.94 bits per heavy atom. The zero-order valence-electron chi connectivity index (χ0n) is 8.92. The van der Waals surface area contributed by atoms with Gasteiger partial charge in [-0.3, -0.25) is 0 Å². The predicted octanol–water partition coefficient (Wildman–Crippen LogP) is 2.38. The number of rotatable bonds is 2. The number of aromatic nitrogens is 3. The lowest BCUT2D eigenvalue weighted by Crippen LogP contribution is -1.95. The van der Waals surface area contributed by atoms with Gasteiger partial charge in [0.05, 0.1) is 30.1 Å². The molecular formula is C12H11N3O. The summed E-state index contributed by atoms with van der Waals surface area (Å²) >= 11 is 0. The van der Waals surface area contributed by atoms with Crippen molar-refractivity contribution in [1.82, 2.24) is 14.5 Å². The zero-order chi connectivity index (χ0) is 11.0. The number of nitrogens with zero attached hydrogens (tertiary/aromatic N) is 3. The lowest BCUT2D eigenvalue weighted by atomic mass is 10.3. The van der Waals surface area contributed by atoms with Crippen LogP contribution >= 0.6 is 0 Å². The molecule has 0 saturated heterocycles. The standard InChI is InChI=1S/C12H11N3O/c1-9-13-6-10(16-9)7-15-8-14-11-4-2-3-5-12(11)15/h2-6,8H,7H2,1H3. The number of oxazole rings is 1. The molecule has 3 rings (SSSR count). The van der Waals surface area contributed by atoms with E-state index < -0.39 is 0 Å². The van der Waals surface area contributed by atoms with Crippen LogP contribution in [0.3, 0.4) is 0 Å². The van der Waals surface area contributed by atoms with Gasteiger partial charge in [-0.2, -0.15) is 0 Å². The van der Waals surface area contributed by atoms with Crippen LogP contribution in [0, 0.1) is 6.92 Å². The van der Waals surface area contributed by atoms with E-state index in [2.05, 4.69) is 14.5 Å². The van der Waals surface area contributed by atoms with Crippen LogP contribution in [-0.2, 0) is 6.54 Å². The fraction of sp³-hybridized carbons (Fsp3) is 0.167. The third-order valence-corrected chi connectivity index (χ3v) is 2.52. The summed E-state index contributed by atoms with van der Waals surface area (Å²) in [7, 11) is 0. The van der Waals surface area contributed by atoms with Crippen LogP contribution in [0.4, 0.5) is 0 Å². The molecule has 16 heavy (non-hydrogen) atoms. The number of benzene rings is 1. The Bertz CT molecular complexity index is 624. The van der Waals surface area contributed by atoms with E-state index in [-0.39, 0.29) is 0 Å². The highest BCUT2D eigenvalue weighted by Gasteiger charge is 2.05. The molecule has 0 unspecified atom stereocenters. The molecule has 2 heterocycles. The molecule has 0 amide bonds. The van der Waals surface area contributed by atoms with Gasteiger partial charge in [-0.1, -0.05) is 12.1 Å². The Morgan fingerprint density at radius 1 is 1.25 bits per heavy atom. The first-order chi connectivity index (χ1) is 7.83. The van der Waals surface area contributed by atoms with Crippen molar-refractivity contribution in [3.8, 4) is 0 Å². The molecule has 0 bridgehead atoms. The number of aryl methyl sites for hydroxylation is 1. The summed E-state index contributed by atoms with van der Waals surface area (Å²) in [6.07, 6.45) is 3.58. The van der Waals surface area contributed by atoms with Gasteiger partial charge in [0, 0.05) is 6.92 Å². The van der Waals surface area contributed by atoms with Crippen LogP contribution < -0.4 is 0 Å². The molecule has 0 spiro atoms. The molecule has 4 heteroatoms. The van der Waals surface area contributed by atoms with E-state index in [1.165, 1.54) is 0 Å². The van der Waals surface area contributed by atoms with Crippen molar-refractivity contribution in [1.29, 1.82) is 0 Å². The number of fused-ring (bicyclic) bond motifs is 1. The number of hydrogen-bond acceptors (Lipinski definition) is 3. The second-order valence-corrected chi connectivity index (χ2v) is 3.71. The molecule has 0 aliphatic rings. The van der Waals surface area contributed by atoms with E-state index in [4.69, 9.17) is 4.42 Å². The summed E-state index contributed by atoms with van der Waals surface area (Å²) in [5.41, 5.74) is 2.11. The molecule has 4 nitrogen and oxygen atoms in total.